The third-order valence-electron chi connectivity index (χ3n) is 7.16. The van der Waals surface area contributed by atoms with Gasteiger partial charge in [0, 0.05) is 31.7 Å². The van der Waals surface area contributed by atoms with E-state index in [1.807, 2.05) is 0 Å². The number of benzene rings is 1. The van der Waals surface area contributed by atoms with Gasteiger partial charge in [0.25, 0.3) is 5.91 Å². The van der Waals surface area contributed by atoms with E-state index in [0.717, 1.165) is 16.9 Å². The number of rotatable bonds is 5. The van der Waals surface area contributed by atoms with Gasteiger partial charge >= 0.3 is 0 Å². The van der Waals surface area contributed by atoms with E-state index >= 15 is 0 Å². The molecule has 38 heavy (non-hydrogen) atoms. The Bertz CT molecular complexity index is 1470. The van der Waals surface area contributed by atoms with Crippen LogP contribution in [0.25, 0.3) is 10.6 Å². The number of pyridine rings is 1. The highest BCUT2D eigenvalue weighted by molar-refractivity contribution is 7.14. The van der Waals surface area contributed by atoms with E-state index < -0.39 is 28.7 Å². The van der Waals surface area contributed by atoms with Gasteiger partial charge in [0.1, 0.15) is 16.4 Å². The lowest BCUT2D eigenvalue weighted by Crippen LogP contribution is -2.61. The number of likely N-dealkylation sites (tertiary alicyclic amines) is 1. The number of β-amino-alcohol motifs (C(OH)–C–C–N with tert-alkyl or cyclic N) is 1. The molecular weight excluding hydrogens is 513 g/mol. The summed E-state index contributed by atoms with van der Waals surface area (Å²) in [7, 11) is 0. The van der Waals surface area contributed by atoms with Crippen LogP contribution in [0.3, 0.4) is 0 Å². The van der Waals surface area contributed by atoms with Crippen molar-refractivity contribution in [3.63, 3.8) is 0 Å². The maximum Gasteiger partial charge on any atom is 0.274 e. The van der Waals surface area contributed by atoms with Gasteiger partial charge in [0.15, 0.2) is 16.5 Å². The van der Waals surface area contributed by atoms with Crippen molar-refractivity contribution in [3.8, 4) is 16.3 Å². The van der Waals surface area contributed by atoms with Crippen LogP contribution in [0.2, 0.25) is 0 Å². The summed E-state index contributed by atoms with van der Waals surface area (Å²) in [5.41, 5.74) is -1.57. The molecule has 3 aromatic rings. The fraction of sp³-hybridized carbons (Fsp3) is 0.423. The van der Waals surface area contributed by atoms with E-state index in [2.05, 4.69) is 10.2 Å². The molecule has 1 fully saturated rings. The van der Waals surface area contributed by atoms with Crippen LogP contribution < -0.4 is 5.43 Å². The van der Waals surface area contributed by atoms with E-state index in [0.29, 0.717) is 24.4 Å². The number of aromatic nitrogens is 3. The zero-order valence-electron chi connectivity index (χ0n) is 21.2. The Labute approximate surface area is 222 Å². The van der Waals surface area contributed by atoms with Gasteiger partial charge in [-0.1, -0.05) is 23.5 Å². The third-order valence-corrected chi connectivity index (χ3v) is 8.11. The molecule has 0 saturated carbocycles. The van der Waals surface area contributed by atoms with Crippen LogP contribution in [-0.4, -0.2) is 78.4 Å². The SMILES string of the molecule is CC(C)N1C[C@](C)(C(=O)N2CC[C@@H](O)C2)n2cc(-c3nnc(Cc4ccc(F)cc4)s3)c(=O)c(O)c2C1=O. The molecule has 0 bridgehead atoms. The first kappa shape index (κ1) is 26.0. The molecule has 10 nitrogen and oxygen atoms in total. The number of aliphatic hydroxyl groups is 1. The number of aromatic hydroxyl groups is 1. The molecule has 2 aliphatic rings. The first-order valence-corrected chi connectivity index (χ1v) is 13.2. The largest absolute Gasteiger partial charge is 0.503 e. The highest BCUT2D eigenvalue weighted by Crippen LogP contribution is 2.36. The number of aliphatic hydroxyl groups excluding tert-OH is 1. The molecule has 5 rings (SSSR count). The normalized spacial score (nSPS) is 21.3. The van der Waals surface area contributed by atoms with Gasteiger partial charge in [-0.15, -0.1) is 10.2 Å². The maximum absolute atomic E-state index is 13.8. The van der Waals surface area contributed by atoms with Gasteiger partial charge in [-0.05, 0) is 44.9 Å². The number of carbonyl (C=O) groups excluding carboxylic acids is 2. The van der Waals surface area contributed by atoms with Crippen LogP contribution in [0.5, 0.6) is 5.75 Å². The lowest BCUT2D eigenvalue weighted by atomic mass is 9.92. The van der Waals surface area contributed by atoms with Crippen molar-refractivity contribution in [2.24, 2.45) is 0 Å². The Balaban J connectivity index is 1.60. The highest BCUT2D eigenvalue weighted by atomic mass is 32.1. The van der Waals surface area contributed by atoms with Gasteiger partial charge in [-0.3, -0.25) is 14.4 Å². The molecule has 4 heterocycles. The first-order valence-electron chi connectivity index (χ1n) is 12.3. The summed E-state index contributed by atoms with van der Waals surface area (Å²) in [5.74, 6) is -1.98. The Morgan fingerprint density at radius 1 is 1.24 bits per heavy atom. The van der Waals surface area contributed by atoms with Crippen molar-refractivity contribution in [1.82, 2.24) is 24.6 Å². The predicted molar refractivity (Wildman–Crippen MR) is 138 cm³/mol. The molecule has 1 saturated heterocycles. The van der Waals surface area contributed by atoms with Gasteiger partial charge in [0.2, 0.25) is 11.3 Å². The second-order valence-corrected chi connectivity index (χ2v) is 11.3. The molecule has 2 aromatic heterocycles. The van der Waals surface area contributed by atoms with Crippen LogP contribution in [0.1, 0.15) is 48.3 Å². The smallest absolute Gasteiger partial charge is 0.274 e. The fourth-order valence-electron chi connectivity index (χ4n) is 5.03. The number of carbonyl (C=O) groups is 2. The molecule has 2 atom stereocenters. The Morgan fingerprint density at radius 3 is 2.58 bits per heavy atom. The van der Waals surface area contributed by atoms with Crippen molar-refractivity contribution in [2.75, 3.05) is 19.6 Å². The zero-order valence-corrected chi connectivity index (χ0v) is 22.0. The number of nitrogens with zero attached hydrogens (tertiary/aromatic N) is 5. The summed E-state index contributed by atoms with van der Waals surface area (Å²) in [5, 5.41) is 30.1. The average Bonchev–Trinajstić information content (AvgIpc) is 3.52. The molecule has 0 aliphatic carbocycles. The van der Waals surface area contributed by atoms with E-state index in [1.54, 1.807) is 37.8 Å². The number of amides is 2. The minimum atomic E-state index is -1.35. The molecular formula is C26H28FN5O5S. The Hall–Kier alpha value is -3.64. The maximum atomic E-state index is 13.8. The first-order chi connectivity index (χ1) is 18.0. The predicted octanol–water partition coefficient (Wildman–Crippen LogP) is 1.97. The molecule has 200 valence electrons. The van der Waals surface area contributed by atoms with Crippen LogP contribution >= 0.6 is 11.3 Å². The minimum Gasteiger partial charge on any atom is -0.503 e. The summed E-state index contributed by atoms with van der Waals surface area (Å²) in [6.45, 7) is 5.82. The zero-order chi connectivity index (χ0) is 27.4. The molecule has 2 N–H and O–H groups in total. The van der Waals surface area contributed by atoms with Gasteiger partial charge < -0.3 is 24.6 Å². The molecule has 2 aliphatic heterocycles. The van der Waals surface area contributed by atoms with Gasteiger partial charge in [0.05, 0.1) is 18.2 Å². The lowest BCUT2D eigenvalue weighted by Gasteiger charge is -2.45. The summed E-state index contributed by atoms with van der Waals surface area (Å²) >= 11 is 1.13. The van der Waals surface area contributed by atoms with Crippen LogP contribution in [0.15, 0.2) is 35.3 Å². The van der Waals surface area contributed by atoms with E-state index in [1.165, 1.54) is 27.8 Å². The highest BCUT2D eigenvalue weighted by Gasteiger charge is 2.49. The van der Waals surface area contributed by atoms with Gasteiger partial charge in [-0.25, -0.2) is 4.39 Å². The van der Waals surface area contributed by atoms with Crippen molar-refractivity contribution in [2.45, 2.75) is 51.3 Å². The molecule has 0 radical (unpaired) electrons. The molecule has 1 aromatic carbocycles. The van der Waals surface area contributed by atoms with Gasteiger partial charge in [-0.2, -0.15) is 0 Å². The second kappa shape index (κ2) is 9.59. The summed E-state index contributed by atoms with van der Waals surface area (Å²) in [6, 6.07) is 5.67. The summed E-state index contributed by atoms with van der Waals surface area (Å²) < 4.78 is 14.6. The molecule has 2 amide bonds. The third kappa shape index (κ3) is 4.37. The second-order valence-electron chi connectivity index (χ2n) is 10.2. The number of fused-ring (bicyclic) bond motifs is 1. The van der Waals surface area contributed by atoms with Crippen molar-refractivity contribution >= 4 is 23.2 Å². The Kier molecular flexibility index (Phi) is 6.56. The average molecular weight is 542 g/mol. The number of halogens is 1. The van der Waals surface area contributed by atoms with Crippen molar-refractivity contribution < 1.29 is 24.2 Å². The van der Waals surface area contributed by atoms with Crippen LogP contribution in [-0.2, 0) is 16.8 Å². The van der Waals surface area contributed by atoms with Crippen molar-refractivity contribution in [1.29, 1.82) is 0 Å². The van der Waals surface area contributed by atoms with Crippen molar-refractivity contribution in [3.05, 3.63) is 62.8 Å². The van der Waals surface area contributed by atoms with E-state index in [-0.39, 0.29) is 47.1 Å². The number of hydrogen-bond acceptors (Lipinski definition) is 8. The fourth-order valence-corrected chi connectivity index (χ4v) is 5.91. The Morgan fingerprint density at radius 2 is 1.95 bits per heavy atom. The topological polar surface area (TPSA) is 129 Å². The quantitative estimate of drug-likeness (QED) is 0.505. The number of hydrogen-bond donors (Lipinski definition) is 2. The standard InChI is InChI=1S/C26H28FN5O5S/c1-14(2)31-13-26(3,25(37)30-9-8-17(33)11-30)32-12-18(21(34)22(35)20(32)24(31)36)23-29-28-19(38-23)10-15-4-6-16(27)7-5-15/h4-7,12,14,17,33,35H,8-11,13H2,1-3H3/t17-,26-/m1/s1. The molecule has 0 unspecified atom stereocenters. The van der Waals surface area contributed by atoms with Crippen LogP contribution in [0.4, 0.5) is 4.39 Å². The van der Waals surface area contributed by atoms with E-state index in [9.17, 15) is 29.0 Å². The lowest BCUT2D eigenvalue weighted by molar-refractivity contribution is -0.141. The monoisotopic (exact) mass is 541 g/mol. The summed E-state index contributed by atoms with van der Waals surface area (Å²) in [4.78, 5) is 43.5. The molecule has 0 spiro atoms. The minimum absolute atomic E-state index is 0.0142. The molecule has 12 heteroatoms. The summed E-state index contributed by atoms with van der Waals surface area (Å²) in [6.07, 6.45) is 1.59. The van der Waals surface area contributed by atoms with E-state index in [4.69, 9.17) is 0 Å². The van der Waals surface area contributed by atoms with Crippen LogP contribution in [0, 0.1) is 5.82 Å².